The van der Waals surface area contributed by atoms with Crippen LogP contribution >= 0.6 is 11.3 Å². The predicted octanol–water partition coefficient (Wildman–Crippen LogP) is 3.52. The van der Waals surface area contributed by atoms with Crippen LogP contribution in [-0.2, 0) is 5.41 Å². The number of carbonyl (C=O) groups is 1. The lowest BCUT2D eigenvalue weighted by atomic mass is 9.93. The number of nitrogens with one attached hydrogen (secondary N) is 2. The van der Waals surface area contributed by atoms with E-state index in [2.05, 4.69) is 41.4 Å². The van der Waals surface area contributed by atoms with Crippen LogP contribution in [0.3, 0.4) is 0 Å². The molecule has 0 aliphatic heterocycles. The average molecular weight is 304 g/mol. The summed E-state index contributed by atoms with van der Waals surface area (Å²) in [5, 5.41) is 8.52. The number of amides is 1. The normalized spacial score (nSPS) is 11.2. The zero-order valence-electron chi connectivity index (χ0n) is 12.7. The van der Waals surface area contributed by atoms with Gasteiger partial charge < -0.3 is 5.32 Å². The number of anilines is 2. The summed E-state index contributed by atoms with van der Waals surface area (Å²) in [7, 11) is 0. The van der Waals surface area contributed by atoms with E-state index in [1.807, 2.05) is 12.3 Å². The SMILES string of the molecule is CCNc1cc(C(=O)Nc2nc(C(C)(C)C)cs2)ccn1. The van der Waals surface area contributed by atoms with Crippen LogP contribution in [0, 0.1) is 0 Å². The molecule has 0 saturated heterocycles. The second-order valence-corrected chi connectivity index (χ2v) is 6.56. The van der Waals surface area contributed by atoms with Crippen molar-refractivity contribution in [3.63, 3.8) is 0 Å². The lowest BCUT2D eigenvalue weighted by Gasteiger charge is -2.14. The summed E-state index contributed by atoms with van der Waals surface area (Å²) in [5.74, 6) is 0.519. The lowest BCUT2D eigenvalue weighted by Crippen LogP contribution is -2.14. The molecule has 0 unspecified atom stereocenters. The van der Waals surface area contributed by atoms with Gasteiger partial charge in [0.15, 0.2) is 5.13 Å². The zero-order chi connectivity index (χ0) is 15.5. The topological polar surface area (TPSA) is 66.9 Å². The summed E-state index contributed by atoms with van der Waals surface area (Å²) in [4.78, 5) is 20.8. The molecule has 0 aliphatic rings. The molecule has 0 radical (unpaired) electrons. The van der Waals surface area contributed by atoms with Gasteiger partial charge in [-0.1, -0.05) is 20.8 Å². The maximum Gasteiger partial charge on any atom is 0.257 e. The molecule has 2 aromatic rings. The zero-order valence-corrected chi connectivity index (χ0v) is 13.5. The molecule has 0 aromatic carbocycles. The maximum absolute atomic E-state index is 12.2. The molecule has 2 N–H and O–H groups in total. The Morgan fingerprint density at radius 3 is 2.76 bits per heavy atom. The predicted molar refractivity (Wildman–Crippen MR) is 87.2 cm³/mol. The monoisotopic (exact) mass is 304 g/mol. The van der Waals surface area contributed by atoms with E-state index >= 15 is 0 Å². The number of hydrogen-bond donors (Lipinski definition) is 2. The minimum Gasteiger partial charge on any atom is -0.370 e. The fourth-order valence-electron chi connectivity index (χ4n) is 1.69. The van der Waals surface area contributed by atoms with Gasteiger partial charge in [-0.05, 0) is 19.1 Å². The third-order valence-corrected chi connectivity index (χ3v) is 3.63. The van der Waals surface area contributed by atoms with E-state index in [1.165, 1.54) is 11.3 Å². The van der Waals surface area contributed by atoms with Crippen LogP contribution in [0.1, 0.15) is 43.7 Å². The summed E-state index contributed by atoms with van der Waals surface area (Å²) in [6, 6.07) is 3.42. The van der Waals surface area contributed by atoms with E-state index in [0.29, 0.717) is 16.5 Å². The van der Waals surface area contributed by atoms with E-state index in [4.69, 9.17) is 0 Å². The molecule has 6 heteroatoms. The number of hydrogen-bond acceptors (Lipinski definition) is 5. The van der Waals surface area contributed by atoms with Gasteiger partial charge in [-0.2, -0.15) is 0 Å². The first-order valence-corrected chi connectivity index (χ1v) is 7.75. The van der Waals surface area contributed by atoms with Crippen LogP contribution in [-0.4, -0.2) is 22.4 Å². The Bertz CT molecular complexity index is 631. The Kier molecular flexibility index (Phi) is 4.57. The third-order valence-electron chi connectivity index (χ3n) is 2.87. The molecular weight excluding hydrogens is 284 g/mol. The van der Waals surface area contributed by atoms with Gasteiger partial charge in [-0.25, -0.2) is 9.97 Å². The first kappa shape index (κ1) is 15.4. The molecule has 0 bridgehead atoms. The number of rotatable bonds is 4. The Labute approximate surface area is 128 Å². The van der Waals surface area contributed by atoms with Crippen molar-refractivity contribution in [2.75, 3.05) is 17.2 Å². The molecular formula is C15H20N4OS. The van der Waals surface area contributed by atoms with Crippen LogP contribution in [0.2, 0.25) is 0 Å². The Hall–Kier alpha value is -1.95. The van der Waals surface area contributed by atoms with Crippen LogP contribution in [0.25, 0.3) is 0 Å². The molecule has 5 nitrogen and oxygen atoms in total. The van der Waals surface area contributed by atoms with Gasteiger partial charge in [-0.15, -0.1) is 11.3 Å². The van der Waals surface area contributed by atoms with Crippen LogP contribution in [0.15, 0.2) is 23.7 Å². The van der Waals surface area contributed by atoms with Crippen LogP contribution < -0.4 is 10.6 Å². The molecule has 0 fully saturated rings. The first-order valence-electron chi connectivity index (χ1n) is 6.87. The molecule has 2 heterocycles. The summed E-state index contributed by atoms with van der Waals surface area (Å²) in [6.07, 6.45) is 1.62. The van der Waals surface area contributed by atoms with Gasteiger partial charge in [0.1, 0.15) is 5.82 Å². The minimum absolute atomic E-state index is 0.0195. The Balaban J connectivity index is 2.11. The van der Waals surface area contributed by atoms with Crippen LogP contribution in [0.5, 0.6) is 0 Å². The summed E-state index contributed by atoms with van der Waals surface area (Å²) in [5.41, 5.74) is 1.52. The number of thiazole rings is 1. The van der Waals surface area contributed by atoms with E-state index in [9.17, 15) is 4.79 Å². The van der Waals surface area contributed by atoms with E-state index in [0.717, 1.165) is 12.2 Å². The molecule has 112 valence electrons. The van der Waals surface area contributed by atoms with Crippen molar-refractivity contribution >= 4 is 28.2 Å². The van der Waals surface area contributed by atoms with Gasteiger partial charge in [0, 0.05) is 29.1 Å². The highest BCUT2D eigenvalue weighted by atomic mass is 32.1. The van der Waals surface area contributed by atoms with Gasteiger partial charge in [0.25, 0.3) is 5.91 Å². The van der Waals surface area contributed by atoms with Gasteiger partial charge in [-0.3, -0.25) is 10.1 Å². The summed E-state index contributed by atoms with van der Waals surface area (Å²) >= 11 is 1.44. The molecule has 2 rings (SSSR count). The molecule has 0 saturated carbocycles. The highest BCUT2D eigenvalue weighted by Crippen LogP contribution is 2.26. The van der Waals surface area contributed by atoms with Gasteiger partial charge in [0.05, 0.1) is 5.69 Å². The van der Waals surface area contributed by atoms with E-state index in [-0.39, 0.29) is 11.3 Å². The van der Waals surface area contributed by atoms with Gasteiger partial charge in [0.2, 0.25) is 0 Å². The smallest absolute Gasteiger partial charge is 0.257 e. The van der Waals surface area contributed by atoms with Crippen molar-refractivity contribution in [2.24, 2.45) is 0 Å². The number of carbonyl (C=O) groups excluding carboxylic acids is 1. The van der Waals surface area contributed by atoms with Crippen molar-refractivity contribution in [2.45, 2.75) is 33.1 Å². The fraction of sp³-hybridized carbons (Fsp3) is 0.400. The second-order valence-electron chi connectivity index (χ2n) is 5.70. The molecule has 0 aliphatic carbocycles. The largest absolute Gasteiger partial charge is 0.370 e. The first-order chi connectivity index (χ1) is 9.90. The van der Waals surface area contributed by atoms with Crippen molar-refractivity contribution in [3.8, 4) is 0 Å². The number of aromatic nitrogens is 2. The minimum atomic E-state index is -0.175. The Morgan fingerprint density at radius 1 is 1.38 bits per heavy atom. The quantitative estimate of drug-likeness (QED) is 0.907. The molecule has 0 atom stereocenters. The maximum atomic E-state index is 12.2. The van der Waals surface area contributed by atoms with Crippen LogP contribution in [0.4, 0.5) is 10.9 Å². The summed E-state index contributed by atoms with van der Waals surface area (Å²) < 4.78 is 0. The highest BCUT2D eigenvalue weighted by Gasteiger charge is 2.18. The molecule has 21 heavy (non-hydrogen) atoms. The van der Waals surface area contributed by atoms with Crippen molar-refractivity contribution in [3.05, 3.63) is 35.0 Å². The number of nitrogens with zero attached hydrogens (tertiary/aromatic N) is 2. The Morgan fingerprint density at radius 2 is 2.14 bits per heavy atom. The van der Waals surface area contributed by atoms with Crippen molar-refractivity contribution in [1.29, 1.82) is 0 Å². The third kappa shape index (κ3) is 4.01. The molecule has 0 spiro atoms. The summed E-state index contributed by atoms with van der Waals surface area (Å²) in [6.45, 7) is 9.04. The van der Waals surface area contributed by atoms with E-state index < -0.39 is 0 Å². The lowest BCUT2D eigenvalue weighted by molar-refractivity contribution is 0.102. The van der Waals surface area contributed by atoms with Crippen molar-refractivity contribution in [1.82, 2.24) is 9.97 Å². The van der Waals surface area contributed by atoms with Gasteiger partial charge >= 0.3 is 0 Å². The number of pyridine rings is 1. The highest BCUT2D eigenvalue weighted by molar-refractivity contribution is 7.14. The average Bonchev–Trinajstić information content (AvgIpc) is 2.88. The molecule has 1 amide bonds. The van der Waals surface area contributed by atoms with Crippen molar-refractivity contribution < 1.29 is 4.79 Å². The van der Waals surface area contributed by atoms with E-state index in [1.54, 1.807) is 18.3 Å². The fourth-order valence-corrected chi connectivity index (χ4v) is 2.63. The standard InChI is InChI=1S/C15H20N4OS/c1-5-16-12-8-10(6-7-17-12)13(20)19-14-18-11(9-21-14)15(2,3)4/h6-9H,5H2,1-4H3,(H,16,17)(H,18,19,20). The molecule has 2 aromatic heterocycles. The second kappa shape index (κ2) is 6.22.